The zero-order valence-electron chi connectivity index (χ0n) is 19.1. The van der Waals surface area contributed by atoms with Gasteiger partial charge in [-0.3, -0.25) is 24.1 Å². The van der Waals surface area contributed by atoms with E-state index in [0.29, 0.717) is 29.5 Å². The fraction of sp³-hybridized carbons (Fsp3) is 0.208. The SMILES string of the molecule is CCCOC(=O)c1cc(NC(=O)CN2C(=O)S/C(=C/c3ccccc3OCC(N)=O)C2=O)ccc1Cl. The number of hydrogen-bond donors (Lipinski definition) is 2. The largest absolute Gasteiger partial charge is 0.483 e. The van der Waals surface area contributed by atoms with Crippen LogP contribution in [-0.4, -0.2) is 53.6 Å². The van der Waals surface area contributed by atoms with E-state index >= 15 is 0 Å². The smallest absolute Gasteiger partial charge is 0.339 e. The molecule has 3 N–H and O–H groups in total. The highest BCUT2D eigenvalue weighted by Crippen LogP contribution is 2.34. The first-order valence-corrected chi connectivity index (χ1v) is 11.9. The van der Waals surface area contributed by atoms with Crippen LogP contribution in [0.2, 0.25) is 5.02 Å². The van der Waals surface area contributed by atoms with Crippen molar-refractivity contribution < 1.29 is 33.4 Å². The number of ether oxygens (including phenoxy) is 2. The van der Waals surface area contributed by atoms with Gasteiger partial charge in [-0.25, -0.2) is 4.79 Å². The number of nitrogens with zero attached hydrogens (tertiary/aromatic N) is 1. The van der Waals surface area contributed by atoms with Gasteiger partial charge in [-0.1, -0.05) is 36.7 Å². The fourth-order valence-corrected chi connectivity index (χ4v) is 4.06. The summed E-state index contributed by atoms with van der Waals surface area (Å²) in [6.45, 7) is 1.18. The minimum absolute atomic E-state index is 0.0780. The van der Waals surface area contributed by atoms with Crippen molar-refractivity contribution in [1.29, 1.82) is 0 Å². The van der Waals surface area contributed by atoms with Gasteiger partial charge in [-0.05, 0) is 48.5 Å². The fourth-order valence-electron chi connectivity index (χ4n) is 3.03. The van der Waals surface area contributed by atoms with Gasteiger partial charge >= 0.3 is 5.97 Å². The van der Waals surface area contributed by atoms with E-state index < -0.39 is 35.5 Å². The van der Waals surface area contributed by atoms with Crippen LogP contribution >= 0.6 is 23.4 Å². The zero-order valence-corrected chi connectivity index (χ0v) is 20.7. The maximum Gasteiger partial charge on any atom is 0.339 e. The van der Waals surface area contributed by atoms with Gasteiger partial charge in [0.15, 0.2) is 6.61 Å². The molecule has 1 aliphatic heterocycles. The number of anilines is 1. The summed E-state index contributed by atoms with van der Waals surface area (Å²) < 4.78 is 10.4. The number of primary amides is 1. The molecule has 0 aromatic heterocycles. The third kappa shape index (κ3) is 6.86. The lowest BCUT2D eigenvalue weighted by atomic mass is 10.2. The molecule has 36 heavy (non-hydrogen) atoms. The molecule has 188 valence electrons. The number of nitrogens with one attached hydrogen (secondary N) is 1. The lowest BCUT2D eigenvalue weighted by molar-refractivity contribution is -0.127. The Kier molecular flexibility index (Phi) is 9.09. The number of amides is 4. The van der Waals surface area contributed by atoms with Gasteiger partial charge in [0.2, 0.25) is 5.91 Å². The number of rotatable bonds is 10. The molecule has 10 nitrogen and oxygen atoms in total. The number of halogens is 1. The zero-order chi connectivity index (χ0) is 26.2. The molecule has 1 heterocycles. The molecule has 0 radical (unpaired) electrons. The van der Waals surface area contributed by atoms with Crippen LogP contribution in [0.5, 0.6) is 5.75 Å². The van der Waals surface area contributed by atoms with Crippen molar-refractivity contribution in [2.24, 2.45) is 5.73 Å². The van der Waals surface area contributed by atoms with Crippen LogP contribution in [0, 0.1) is 0 Å². The Morgan fingerprint density at radius 2 is 1.92 bits per heavy atom. The molecule has 4 amide bonds. The summed E-state index contributed by atoms with van der Waals surface area (Å²) in [7, 11) is 0. The van der Waals surface area contributed by atoms with Crippen LogP contribution in [0.15, 0.2) is 47.4 Å². The Balaban J connectivity index is 1.69. The molecule has 2 aromatic carbocycles. The third-order valence-corrected chi connectivity index (χ3v) is 5.90. The molecule has 0 atom stereocenters. The number of nitrogens with two attached hydrogens (primary N) is 1. The Morgan fingerprint density at radius 1 is 1.17 bits per heavy atom. The number of carbonyl (C=O) groups is 5. The monoisotopic (exact) mass is 531 g/mol. The van der Waals surface area contributed by atoms with Gasteiger partial charge < -0.3 is 20.5 Å². The topological polar surface area (TPSA) is 145 Å². The summed E-state index contributed by atoms with van der Waals surface area (Å²) in [5.41, 5.74) is 5.89. The highest BCUT2D eigenvalue weighted by Gasteiger charge is 2.36. The summed E-state index contributed by atoms with van der Waals surface area (Å²) in [6.07, 6.45) is 2.07. The molecule has 0 unspecified atom stereocenters. The first-order valence-electron chi connectivity index (χ1n) is 10.7. The van der Waals surface area contributed by atoms with Crippen LogP contribution in [-0.2, 0) is 19.1 Å². The third-order valence-electron chi connectivity index (χ3n) is 4.66. The Bertz CT molecular complexity index is 1250. The molecule has 12 heteroatoms. The molecule has 1 fully saturated rings. The summed E-state index contributed by atoms with van der Waals surface area (Å²) in [4.78, 5) is 61.9. The van der Waals surface area contributed by atoms with Crippen molar-refractivity contribution >= 4 is 64.1 Å². The average Bonchev–Trinajstić information content (AvgIpc) is 3.10. The number of benzene rings is 2. The predicted octanol–water partition coefficient (Wildman–Crippen LogP) is 3.45. The van der Waals surface area contributed by atoms with Crippen molar-refractivity contribution in [2.45, 2.75) is 13.3 Å². The summed E-state index contributed by atoms with van der Waals surface area (Å²) in [6, 6.07) is 10.9. The first kappa shape index (κ1) is 26.8. The number of esters is 1. The Labute approximate surface area is 215 Å². The van der Waals surface area contributed by atoms with Gasteiger partial charge in [-0.15, -0.1) is 0 Å². The van der Waals surface area contributed by atoms with E-state index in [0.717, 1.165) is 4.90 Å². The van der Waals surface area contributed by atoms with Gasteiger partial charge in [-0.2, -0.15) is 0 Å². The second kappa shape index (κ2) is 12.2. The van der Waals surface area contributed by atoms with Crippen LogP contribution in [0.25, 0.3) is 6.08 Å². The Hall–Kier alpha value is -3.83. The summed E-state index contributed by atoms with van der Waals surface area (Å²) in [5.74, 6) is -2.31. The quantitative estimate of drug-likeness (QED) is 0.350. The Morgan fingerprint density at radius 3 is 2.64 bits per heavy atom. The van der Waals surface area contributed by atoms with Crippen molar-refractivity contribution in [3.05, 3.63) is 63.5 Å². The van der Waals surface area contributed by atoms with Crippen molar-refractivity contribution in [3.8, 4) is 5.75 Å². The molecular formula is C24H22ClN3O7S. The van der Waals surface area contributed by atoms with Crippen LogP contribution in [0.1, 0.15) is 29.3 Å². The molecule has 0 saturated carbocycles. The van der Waals surface area contributed by atoms with Crippen molar-refractivity contribution in [2.75, 3.05) is 25.1 Å². The van der Waals surface area contributed by atoms with Crippen LogP contribution < -0.4 is 15.8 Å². The highest BCUT2D eigenvalue weighted by atomic mass is 35.5. The molecular weight excluding hydrogens is 510 g/mol. The molecule has 0 aliphatic carbocycles. The van der Waals surface area contributed by atoms with E-state index in [2.05, 4.69) is 5.32 Å². The van der Waals surface area contributed by atoms with Crippen molar-refractivity contribution in [1.82, 2.24) is 4.90 Å². The lowest BCUT2D eigenvalue weighted by Crippen LogP contribution is -2.36. The normalized spacial score (nSPS) is 14.2. The van der Waals surface area contributed by atoms with Gasteiger partial charge in [0.25, 0.3) is 17.1 Å². The first-order chi connectivity index (χ1) is 17.2. The van der Waals surface area contributed by atoms with E-state index in [9.17, 15) is 24.0 Å². The number of imide groups is 1. The van der Waals surface area contributed by atoms with E-state index in [1.165, 1.54) is 24.3 Å². The number of para-hydroxylation sites is 1. The maximum atomic E-state index is 12.8. The van der Waals surface area contributed by atoms with E-state index in [1.54, 1.807) is 24.3 Å². The highest BCUT2D eigenvalue weighted by molar-refractivity contribution is 8.18. The van der Waals surface area contributed by atoms with Crippen LogP contribution in [0.3, 0.4) is 0 Å². The molecule has 1 saturated heterocycles. The molecule has 2 aromatic rings. The standard InChI is InChI=1S/C24H22ClN3O7S/c1-2-9-34-23(32)16-11-15(7-8-17(16)25)27-21(30)12-28-22(31)19(36-24(28)33)10-14-5-3-4-6-18(14)35-13-20(26)29/h3-8,10-11H,2,9,12-13H2,1H3,(H2,26,29)(H,27,30)/b19-10+. The van der Waals surface area contributed by atoms with E-state index in [1.807, 2.05) is 6.92 Å². The lowest BCUT2D eigenvalue weighted by Gasteiger charge is -2.13. The maximum absolute atomic E-state index is 12.8. The number of thioether (sulfide) groups is 1. The number of carbonyl (C=O) groups excluding carboxylic acids is 5. The van der Waals surface area contributed by atoms with Gasteiger partial charge in [0, 0.05) is 11.3 Å². The second-order valence-electron chi connectivity index (χ2n) is 7.44. The minimum Gasteiger partial charge on any atom is -0.483 e. The van der Waals surface area contributed by atoms with Gasteiger partial charge in [0.05, 0.1) is 22.1 Å². The molecule has 3 rings (SSSR count). The minimum atomic E-state index is -0.665. The van der Waals surface area contributed by atoms with Gasteiger partial charge in [0.1, 0.15) is 12.3 Å². The average molecular weight is 532 g/mol. The number of hydrogen-bond acceptors (Lipinski definition) is 8. The van der Waals surface area contributed by atoms with Crippen LogP contribution in [0.4, 0.5) is 10.5 Å². The molecule has 0 spiro atoms. The summed E-state index contributed by atoms with van der Waals surface area (Å²) >= 11 is 6.73. The van der Waals surface area contributed by atoms with E-state index in [4.69, 9.17) is 26.8 Å². The second-order valence-corrected chi connectivity index (χ2v) is 8.84. The molecule has 0 bridgehead atoms. The predicted molar refractivity (Wildman–Crippen MR) is 134 cm³/mol. The van der Waals surface area contributed by atoms with E-state index in [-0.39, 0.29) is 34.4 Å². The summed E-state index contributed by atoms with van der Waals surface area (Å²) in [5, 5.41) is 2.08. The van der Waals surface area contributed by atoms with Crippen molar-refractivity contribution in [3.63, 3.8) is 0 Å². The molecule has 1 aliphatic rings.